The Hall–Kier alpha value is -1.20. The van der Waals surface area contributed by atoms with Gasteiger partial charge in [0, 0.05) is 38.4 Å². The fourth-order valence-corrected chi connectivity index (χ4v) is 1.70. The number of morpholine rings is 1. The van der Waals surface area contributed by atoms with Crippen molar-refractivity contribution >= 4 is 5.78 Å². The van der Waals surface area contributed by atoms with Crippen LogP contribution in [-0.4, -0.2) is 41.1 Å². The summed E-state index contributed by atoms with van der Waals surface area (Å²) in [4.78, 5) is 15.8. The van der Waals surface area contributed by atoms with Gasteiger partial charge in [-0.15, -0.1) is 0 Å². The van der Waals surface area contributed by atoms with E-state index in [9.17, 15) is 4.79 Å². The first-order valence-electron chi connectivity index (χ1n) is 5.09. The van der Waals surface area contributed by atoms with Gasteiger partial charge in [0.25, 0.3) is 0 Å². The molecule has 2 rings (SSSR count). The molecular weight excluding hydrogens is 194 g/mol. The summed E-state index contributed by atoms with van der Waals surface area (Å²) in [5, 5.41) is 3.25. The molecule has 1 N–H and O–H groups in total. The van der Waals surface area contributed by atoms with E-state index in [1.165, 1.54) is 0 Å². The summed E-state index contributed by atoms with van der Waals surface area (Å²) in [5.74, 6) is 0.577. The van der Waals surface area contributed by atoms with Gasteiger partial charge in [-0.05, 0) is 0 Å². The van der Waals surface area contributed by atoms with Gasteiger partial charge in [0.05, 0.1) is 13.2 Å². The third-order valence-electron chi connectivity index (χ3n) is 2.50. The van der Waals surface area contributed by atoms with Gasteiger partial charge in [-0.1, -0.05) is 0 Å². The lowest BCUT2D eigenvalue weighted by Gasteiger charge is -2.22. The van der Waals surface area contributed by atoms with Gasteiger partial charge in [0.15, 0.2) is 11.6 Å². The average Bonchev–Trinajstić information content (AvgIpc) is 2.66. The molecule has 0 saturated carbocycles. The van der Waals surface area contributed by atoms with Crippen molar-refractivity contribution in [1.82, 2.24) is 14.9 Å². The highest BCUT2D eigenvalue weighted by Crippen LogP contribution is 2.05. The summed E-state index contributed by atoms with van der Waals surface area (Å²) in [6, 6.07) is 0.128. The Morgan fingerprint density at radius 2 is 2.67 bits per heavy atom. The number of nitrogens with one attached hydrogen (secondary N) is 1. The van der Waals surface area contributed by atoms with Crippen LogP contribution in [0.2, 0.25) is 0 Å². The van der Waals surface area contributed by atoms with Gasteiger partial charge in [-0.3, -0.25) is 4.79 Å². The summed E-state index contributed by atoms with van der Waals surface area (Å²) in [6.07, 6.45) is 3.86. The van der Waals surface area contributed by atoms with E-state index in [4.69, 9.17) is 4.74 Å². The maximum atomic E-state index is 11.8. The zero-order valence-corrected chi connectivity index (χ0v) is 8.77. The molecule has 1 atom stereocenters. The predicted octanol–water partition coefficient (Wildman–Crippen LogP) is -0.0187. The zero-order valence-electron chi connectivity index (χ0n) is 8.77. The van der Waals surface area contributed by atoms with Crippen molar-refractivity contribution in [1.29, 1.82) is 0 Å². The highest BCUT2D eigenvalue weighted by atomic mass is 16.5. The summed E-state index contributed by atoms with van der Waals surface area (Å²) in [5.41, 5.74) is 0. The van der Waals surface area contributed by atoms with Gasteiger partial charge in [0.2, 0.25) is 0 Å². The molecule has 1 saturated heterocycles. The van der Waals surface area contributed by atoms with E-state index in [1.54, 1.807) is 17.0 Å². The molecule has 5 heteroatoms. The third-order valence-corrected chi connectivity index (χ3v) is 2.50. The molecule has 0 spiro atoms. The Bertz CT molecular complexity index is 342. The lowest BCUT2D eigenvalue weighted by Crippen LogP contribution is -2.42. The quantitative estimate of drug-likeness (QED) is 0.711. The maximum absolute atomic E-state index is 11.8. The van der Waals surface area contributed by atoms with E-state index in [2.05, 4.69) is 10.3 Å². The molecule has 2 heterocycles. The van der Waals surface area contributed by atoms with E-state index in [0.29, 0.717) is 18.9 Å². The number of aryl methyl sites for hydroxylation is 1. The number of imidazole rings is 1. The molecule has 82 valence electrons. The van der Waals surface area contributed by atoms with Crippen LogP contribution >= 0.6 is 0 Å². The topological polar surface area (TPSA) is 56.2 Å². The molecule has 1 unspecified atom stereocenters. The van der Waals surface area contributed by atoms with Crippen LogP contribution in [0.5, 0.6) is 0 Å². The van der Waals surface area contributed by atoms with Crippen LogP contribution in [0.15, 0.2) is 12.4 Å². The van der Waals surface area contributed by atoms with E-state index < -0.39 is 0 Å². The van der Waals surface area contributed by atoms with Crippen LogP contribution in [0.3, 0.4) is 0 Å². The maximum Gasteiger partial charge on any atom is 0.199 e. The fraction of sp³-hybridized carbons (Fsp3) is 0.600. The zero-order chi connectivity index (χ0) is 10.7. The van der Waals surface area contributed by atoms with Crippen LogP contribution in [0.1, 0.15) is 17.0 Å². The molecule has 0 bridgehead atoms. The van der Waals surface area contributed by atoms with Crippen LogP contribution in [0, 0.1) is 0 Å². The predicted molar refractivity (Wildman–Crippen MR) is 54.8 cm³/mol. The first kappa shape index (κ1) is 10.3. The standard InChI is InChI=1S/C10H15N3O2/c1-13-4-2-12-10(13)9(14)6-8-7-15-5-3-11-8/h2,4,8,11H,3,5-7H2,1H3. The van der Waals surface area contributed by atoms with Gasteiger partial charge < -0.3 is 14.6 Å². The number of aromatic nitrogens is 2. The number of rotatable bonds is 3. The average molecular weight is 209 g/mol. The van der Waals surface area contributed by atoms with Crippen molar-refractivity contribution < 1.29 is 9.53 Å². The Balaban J connectivity index is 1.94. The highest BCUT2D eigenvalue weighted by Gasteiger charge is 2.19. The first-order chi connectivity index (χ1) is 7.27. The molecule has 0 amide bonds. The van der Waals surface area contributed by atoms with Crippen molar-refractivity contribution in [3.63, 3.8) is 0 Å². The number of nitrogens with zero attached hydrogens (tertiary/aromatic N) is 2. The molecular formula is C10H15N3O2. The Labute approximate surface area is 88.4 Å². The smallest absolute Gasteiger partial charge is 0.199 e. The number of hydrogen-bond donors (Lipinski definition) is 1. The molecule has 1 aliphatic rings. The van der Waals surface area contributed by atoms with Crippen molar-refractivity contribution in [3.05, 3.63) is 18.2 Å². The van der Waals surface area contributed by atoms with E-state index in [1.807, 2.05) is 7.05 Å². The van der Waals surface area contributed by atoms with Crippen LogP contribution in [0.4, 0.5) is 0 Å². The molecule has 1 aliphatic heterocycles. The molecule has 0 aromatic carbocycles. The normalized spacial score (nSPS) is 21.5. The van der Waals surface area contributed by atoms with E-state index >= 15 is 0 Å². The van der Waals surface area contributed by atoms with Crippen LogP contribution in [0.25, 0.3) is 0 Å². The third kappa shape index (κ3) is 2.43. The van der Waals surface area contributed by atoms with Crippen molar-refractivity contribution in [2.24, 2.45) is 7.05 Å². The van der Waals surface area contributed by atoms with Gasteiger partial charge in [0.1, 0.15) is 0 Å². The fourth-order valence-electron chi connectivity index (χ4n) is 1.70. The number of hydrogen-bond acceptors (Lipinski definition) is 4. The number of Topliss-reactive ketones (excluding diaryl/α,β-unsaturated/α-hetero) is 1. The Morgan fingerprint density at radius 1 is 1.80 bits per heavy atom. The lowest BCUT2D eigenvalue weighted by molar-refractivity contribution is 0.0671. The summed E-state index contributed by atoms with van der Waals surface area (Å²) < 4.78 is 7.03. The van der Waals surface area contributed by atoms with Gasteiger partial charge >= 0.3 is 0 Å². The monoisotopic (exact) mass is 209 g/mol. The van der Waals surface area contributed by atoms with E-state index in [0.717, 1.165) is 13.2 Å². The summed E-state index contributed by atoms with van der Waals surface area (Å²) in [7, 11) is 1.82. The van der Waals surface area contributed by atoms with Crippen LogP contribution in [-0.2, 0) is 11.8 Å². The molecule has 0 radical (unpaired) electrons. The minimum atomic E-state index is 0.0606. The van der Waals surface area contributed by atoms with Gasteiger partial charge in [-0.2, -0.15) is 0 Å². The molecule has 1 aromatic rings. The summed E-state index contributed by atoms with van der Waals surface area (Å²) >= 11 is 0. The Morgan fingerprint density at radius 3 is 3.27 bits per heavy atom. The Kier molecular flexibility index (Phi) is 3.13. The van der Waals surface area contributed by atoms with Crippen LogP contribution < -0.4 is 5.32 Å². The van der Waals surface area contributed by atoms with Gasteiger partial charge in [-0.25, -0.2) is 4.98 Å². The number of ketones is 1. The minimum Gasteiger partial charge on any atom is -0.378 e. The first-order valence-corrected chi connectivity index (χ1v) is 5.09. The highest BCUT2D eigenvalue weighted by molar-refractivity contribution is 5.93. The van der Waals surface area contributed by atoms with Crippen molar-refractivity contribution in [2.45, 2.75) is 12.5 Å². The second-order valence-corrected chi connectivity index (χ2v) is 3.72. The molecule has 5 nitrogen and oxygen atoms in total. The molecule has 1 aromatic heterocycles. The second kappa shape index (κ2) is 4.55. The van der Waals surface area contributed by atoms with Crippen molar-refractivity contribution in [2.75, 3.05) is 19.8 Å². The molecule has 15 heavy (non-hydrogen) atoms. The SMILES string of the molecule is Cn1ccnc1C(=O)CC1COCCN1. The molecule has 0 aliphatic carbocycles. The van der Waals surface area contributed by atoms with E-state index in [-0.39, 0.29) is 11.8 Å². The van der Waals surface area contributed by atoms with Crippen molar-refractivity contribution in [3.8, 4) is 0 Å². The number of carbonyl (C=O) groups excluding carboxylic acids is 1. The minimum absolute atomic E-state index is 0.0606. The lowest BCUT2D eigenvalue weighted by atomic mass is 10.1. The number of carbonyl (C=O) groups is 1. The molecule has 1 fully saturated rings. The number of ether oxygens (including phenoxy) is 1. The second-order valence-electron chi connectivity index (χ2n) is 3.72. The summed E-state index contributed by atoms with van der Waals surface area (Å²) in [6.45, 7) is 2.15. The largest absolute Gasteiger partial charge is 0.378 e.